The van der Waals surface area contributed by atoms with Gasteiger partial charge in [0.2, 0.25) is 0 Å². The van der Waals surface area contributed by atoms with E-state index in [9.17, 15) is 9.90 Å². The molecule has 0 radical (unpaired) electrons. The molecule has 0 spiro atoms. The van der Waals surface area contributed by atoms with Crippen LogP contribution in [0, 0.1) is 0 Å². The third-order valence-electron chi connectivity index (χ3n) is 3.69. The number of ether oxygens (including phenoxy) is 1. The van der Waals surface area contributed by atoms with Crippen LogP contribution in [0.4, 0.5) is 16.2 Å². The van der Waals surface area contributed by atoms with Crippen LogP contribution < -0.4 is 15.0 Å². The zero-order valence-corrected chi connectivity index (χ0v) is 12.5. The molecule has 1 atom stereocenters. The highest BCUT2D eigenvalue weighted by atomic mass is 16.5. The van der Waals surface area contributed by atoms with Crippen LogP contribution in [0.2, 0.25) is 0 Å². The van der Waals surface area contributed by atoms with Gasteiger partial charge >= 0.3 is 6.09 Å². The summed E-state index contributed by atoms with van der Waals surface area (Å²) in [5, 5.41) is 20.6. The molecule has 6 heteroatoms. The lowest BCUT2D eigenvalue weighted by Crippen LogP contribution is -2.41. The number of nitrogens with one attached hydrogen (secondary N) is 1. The van der Waals surface area contributed by atoms with Crippen molar-refractivity contribution in [3.63, 3.8) is 0 Å². The zero-order valence-electron chi connectivity index (χ0n) is 12.5. The summed E-state index contributed by atoms with van der Waals surface area (Å²) in [6, 6.07) is 15.1. The van der Waals surface area contributed by atoms with Crippen molar-refractivity contribution < 1.29 is 19.7 Å². The highest BCUT2D eigenvalue weighted by Crippen LogP contribution is 2.36. The van der Waals surface area contributed by atoms with Crippen molar-refractivity contribution in [1.29, 1.82) is 0 Å². The van der Waals surface area contributed by atoms with Gasteiger partial charge < -0.3 is 19.8 Å². The van der Waals surface area contributed by atoms with Gasteiger partial charge in [-0.1, -0.05) is 30.3 Å². The summed E-state index contributed by atoms with van der Waals surface area (Å²) in [7, 11) is 0. The van der Waals surface area contributed by atoms with E-state index in [-0.39, 0.29) is 12.7 Å². The summed E-state index contributed by atoms with van der Waals surface area (Å²) in [5.74, 6) is 0.641. The number of aliphatic hydroxyl groups excluding tert-OH is 1. The first-order valence-electron chi connectivity index (χ1n) is 7.36. The van der Waals surface area contributed by atoms with Gasteiger partial charge in [-0.3, -0.25) is 5.32 Å². The van der Waals surface area contributed by atoms with Gasteiger partial charge in [-0.15, -0.1) is 0 Å². The maximum absolute atomic E-state index is 10.8. The lowest BCUT2D eigenvalue weighted by atomic mass is 10.1. The number of amides is 1. The van der Waals surface area contributed by atoms with Gasteiger partial charge in [0.05, 0.1) is 18.8 Å². The minimum atomic E-state index is -1.11. The lowest BCUT2D eigenvalue weighted by molar-refractivity contribution is 0.112. The largest absolute Gasteiger partial charge is 0.484 e. The van der Waals surface area contributed by atoms with Gasteiger partial charge in [0.1, 0.15) is 11.9 Å². The quantitative estimate of drug-likeness (QED) is 0.808. The molecule has 2 aromatic rings. The summed E-state index contributed by atoms with van der Waals surface area (Å²) in [6.45, 7) is 1.12. The molecule has 6 nitrogen and oxygen atoms in total. The van der Waals surface area contributed by atoms with Crippen molar-refractivity contribution in [1.82, 2.24) is 0 Å². The number of hydrogen-bond donors (Lipinski definition) is 3. The molecule has 23 heavy (non-hydrogen) atoms. The summed E-state index contributed by atoms with van der Waals surface area (Å²) >= 11 is 0. The number of hydrogen-bond acceptors (Lipinski definition) is 4. The highest BCUT2D eigenvalue weighted by Gasteiger charge is 2.25. The second-order valence-corrected chi connectivity index (χ2v) is 5.40. The lowest BCUT2D eigenvalue weighted by Gasteiger charge is -2.36. The Balaban J connectivity index is 1.91. The average molecular weight is 314 g/mol. The minimum Gasteiger partial charge on any atom is -0.484 e. The van der Waals surface area contributed by atoms with Crippen molar-refractivity contribution in [2.75, 3.05) is 23.4 Å². The first kappa shape index (κ1) is 15.2. The van der Waals surface area contributed by atoms with Crippen molar-refractivity contribution in [3.8, 4) is 5.75 Å². The smallest absolute Gasteiger partial charge is 0.409 e. The number of rotatable bonds is 4. The summed E-state index contributed by atoms with van der Waals surface area (Å²) in [6.07, 6.45) is -1.41. The summed E-state index contributed by atoms with van der Waals surface area (Å²) in [5.41, 5.74) is 2.43. The predicted molar refractivity (Wildman–Crippen MR) is 87.1 cm³/mol. The molecule has 0 bridgehead atoms. The molecule has 1 unspecified atom stereocenters. The molecule has 0 saturated carbocycles. The fourth-order valence-electron chi connectivity index (χ4n) is 2.67. The van der Waals surface area contributed by atoms with Gasteiger partial charge in [0.25, 0.3) is 0 Å². The van der Waals surface area contributed by atoms with Gasteiger partial charge in [-0.2, -0.15) is 0 Å². The number of anilines is 2. The number of benzene rings is 2. The molecule has 0 fully saturated rings. The summed E-state index contributed by atoms with van der Waals surface area (Å²) < 4.78 is 5.74. The van der Waals surface area contributed by atoms with Crippen molar-refractivity contribution in [3.05, 3.63) is 54.1 Å². The van der Waals surface area contributed by atoms with Crippen molar-refractivity contribution in [2.45, 2.75) is 12.6 Å². The summed E-state index contributed by atoms with van der Waals surface area (Å²) in [4.78, 5) is 12.9. The van der Waals surface area contributed by atoms with Gasteiger partial charge in [0, 0.05) is 12.2 Å². The number of nitrogens with zero attached hydrogens (tertiary/aromatic N) is 1. The molecule has 120 valence electrons. The Morgan fingerprint density at radius 3 is 2.74 bits per heavy atom. The Morgan fingerprint density at radius 2 is 2.04 bits per heavy atom. The van der Waals surface area contributed by atoms with E-state index < -0.39 is 6.09 Å². The fourth-order valence-corrected chi connectivity index (χ4v) is 2.67. The highest BCUT2D eigenvalue weighted by molar-refractivity contribution is 5.84. The van der Waals surface area contributed by atoms with Gasteiger partial charge in [-0.25, -0.2) is 4.79 Å². The van der Waals surface area contributed by atoms with Crippen LogP contribution in [0.25, 0.3) is 0 Å². The molecule has 1 heterocycles. The van der Waals surface area contributed by atoms with E-state index in [1.54, 1.807) is 18.2 Å². The van der Waals surface area contributed by atoms with Crippen LogP contribution in [-0.4, -0.2) is 35.6 Å². The molecule has 2 aromatic carbocycles. The first-order chi connectivity index (χ1) is 11.2. The SMILES string of the molecule is O=C(O)Nc1ccc2c(c1)N(Cc1ccccc1)CC(CO)O2. The second-order valence-electron chi connectivity index (χ2n) is 5.40. The van der Waals surface area contributed by atoms with Crippen LogP contribution in [0.5, 0.6) is 5.75 Å². The van der Waals surface area contributed by atoms with Crippen LogP contribution in [0.1, 0.15) is 5.56 Å². The molecule has 1 amide bonds. The normalized spacial score (nSPS) is 16.4. The van der Waals surface area contributed by atoms with Gasteiger partial charge in [-0.05, 0) is 23.8 Å². The molecule has 0 saturated heterocycles. The van der Waals surface area contributed by atoms with Crippen LogP contribution in [0.15, 0.2) is 48.5 Å². The van der Waals surface area contributed by atoms with E-state index in [0.29, 0.717) is 24.5 Å². The molecule has 0 aromatic heterocycles. The Kier molecular flexibility index (Phi) is 4.34. The maximum atomic E-state index is 10.8. The topological polar surface area (TPSA) is 82.0 Å². The second kappa shape index (κ2) is 6.58. The molecule has 3 N–H and O–H groups in total. The van der Waals surface area contributed by atoms with Crippen LogP contribution in [-0.2, 0) is 6.54 Å². The predicted octanol–water partition coefficient (Wildman–Crippen LogP) is 2.54. The van der Waals surface area contributed by atoms with E-state index in [2.05, 4.69) is 10.2 Å². The van der Waals surface area contributed by atoms with Crippen molar-refractivity contribution >= 4 is 17.5 Å². The molecule has 3 rings (SSSR count). The van der Waals surface area contributed by atoms with E-state index in [4.69, 9.17) is 9.84 Å². The number of carboxylic acid groups (broad SMARTS) is 1. The standard InChI is InChI=1S/C17H18N2O4/c20-11-14-10-19(9-12-4-2-1-3-5-12)15-8-13(18-17(21)22)6-7-16(15)23-14/h1-8,14,18,20H,9-11H2,(H,21,22). The number of aliphatic hydroxyl groups is 1. The zero-order chi connectivity index (χ0) is 16.2. The molecule has 0 aliphatic carbocycles. The third-order valence-corrected chi connectivity index (χ3v) is 3.69. The number of fused-ring (bicyclic) bond motifs is 1. The third kappa shape index (κ3) is 3.54. The monoisotopic (exact) mass is 314 g/mol. The Morgan fingerprint density at radius 1 is 1.26 bits per heavy atom. The Hall–Kier alpha value is -2.73. The Labute approximate surface area is 133 Å². The fraction of sp³-hybridized carbons (Fsp3) is 0.235. The molecular weight excluding hydrogens is 296 g/mol. The van der Waals surface area contributed by atoms with Gasteiger partial charge in [0.15, 0.2) is 0 Å². The maximum Gasteiger partial charge on any atom is 0.409 e. The van der Waals surface area contributed by atoms with E-state index in [0.717, 1.165) is 11.3 Å². The molecule has 1 aliphatic heterocycles. The average Bonchev–Trinajstić information content (AvgIpc) is 2.55. The molecular formula is C17H18N2O4. The van der Waals surface area contributed by atoms with Crippen molar-refractivity contribution in [2.24, 2.45) is 0 Å². The van der Waals surface area contributed by atoms with Crippen LogP contribution >= 0.6 is 0 Å². The first-order valence-corrected chi connectivity index (χ1v) is 7.36. The van der Waals surface area contributed by atoms with Crippen LogP contribution in [0.3, 0.4) is 0 Å². The van der Waals surface area contributed by atoms with E-state index in [1.165, 1.54) is 0 Å². The minimum absolute atomic E-state index is 0.0696. The van der Waals surface area contributed by atoms with E-state index >= 15 is 0 Å². The Bertz CT molecular complexity index is 690. The number of carbonyl (C=O) groups is 1. The molecule has 1 aliphatic rings. The van der Waals surface area contributed by atoms with E-state index in [1.807, 2.05) is 30.3 Å².